The predicted molar refractivity (Wildman–Crippen MR) is 114 cm³/mol. The zero-order valence-corrected chi connectivity index (χ0v) is 18.4. The van der Waals surface area contributed by atoms with Gasteiger partial charge in [-0.05, 0) is 56.7 Å². The van der Waals surface area contributed by atoms with E-state index < -0.39 is 23.3 Å². The van der Waals surface area contributed by atoms with Gasteiger partial charge in [-0.2, -0.15) is 13.2 Å². The number of carboxylic acid groups (broad SMARTS) is 1. The first-order chi connectivity index (χ1) is 14.4. The van der Waals surface area contributed by atoms with Crippen LogP contribution < -0.4 is 5.32 Å². The fourth-order valence-electron chi connectivity index (χ4n) is 4.49. The minimum atomic E-state index is -4.68. The molecule has 1 amide bonds. The Kier molecular flexibility index (Phi) is 7.78. The van der Waals surface area contributed by atoms with Crippen LogP contribution in [0.5, 0.6) is 0 Å². The molecule has 2 N–H and O–H groups in total. The molecular formula is C23H31F3N2O3. The number of halogens is 3. The van der Waals surface area contributed by atoms with Crippen LogP contribution in [0.1, 0.15) is 62.0 Å². The summed E-state index contributed by atoms with van der Waals surface area (Å²) in [4.78, 5) is 26.4. The summed E-state index contributed by atoms with van der Waals surface area (Å²) < 4.78 is 40.6. The van der Waals surface area contributed by atoms with Crippen molar-refractivity contribution >= 4 is 17.6 Å². The number of carbonyl (C=O) groups is 2. The van der Waals surface area contributed by atoms with Gasteiger partial charge in [-0.25, -0.2) is 4.79 Å². The van der Waals surface area contributed by atoms with Gasteiger partial charge in [-0.3, -0.25) is 4.79 Å². The molecule has 2 rings (SSSR count). The number of benzene rings is 1. The van der Waals surface area contributed by atoms with Crippen molar-refractivity contribution in [3.05, 3.63) is 41.5 Å². The van der Waals surface area contributed by atoms with Crippen LogP contribution in [0.2, 0.25) is 0 Å². The van der Waals surface area contributed by atoms with Crippen LogP contribution in [0.4, 0.5) is 18.9 Å². The third kappa shape index (κ3) is 5.40. The molecule has 1 saturated heterocycles. The Morgan fingerprint density at radius 2 is 2.03 bits per heavy atom. The number of nitrogens with one attached hydrogen (secondary N) is 1. The molecule has 3 unspecified atom stereocenters. The molecule has 1 aromatic carbocycles. The van der Waals surface area contributed by atoms with Crippen molar-refractivity contribution in [2.24, 2.45) is 11.8 Å². The highest BCUT2D eigenvalue weighted by atomic mass is 19.4. The molecule has 1 fully saturated rings. The van der Waals surface area contributed by atoms with Crippen LogP contribution >= 0.6 is 0 Å². The summed E-state index contributed by atoms with van der Waals surface area (Å²) in [5.41, 5.74) is -1.01. The SMILES string of the molecule is C=CCC(C)[C@H](Cc1cc(C(F)(F)F)cc(C(=O)O)c1NCC)N1C(=O)C(C)CC1C. The third-order valence-corrected chi connectivity index (χ3v) is 5.96. The van der Waals surface area contributed by atoms with Crippen molar-refractivity contribution < 1.29 is 27.9 Å². The summed E-state index contributed by atoms with van der Waals surface area (Å²) in [6.07, 6.45) is -1.58. The Hall–Kier alpha value is -2.51. The number of rotatable bonds is 9. The minimum absolute atomic E-state index is 0.0242. The van der Waals surface area contributed by atoms with Gasteiger partial charge in [0, 0.05) is 24.5 Å². The van der Waals surface area contributed by atoms with Gasteiger partial charge in [0.1, 0.15) is 0 Å². The molecule has 0 spiro atoms. The lowest BCUT2D eigenvalue weighted by Gasteiger charge is -2.36. The van der Waals surface area contributed by atoms with Crippen molar-refractivity contribution in [2.75, 3.05) is 11.9 Å². The number of alkyl halides is 3. The molecule has 8 heteroatoms. The highest BCUT2D eigenvalue weighted by molar-refractivity contribution is 5.95. The van der Waals surface area contributed by atoms with E-state index in [-0.39, 0.29) is 47.5 Å². The molecular weight excluding hydrogens is 409 g/mol. The van der Waals surface area contributed by atoms with Crippen LogP contribution in [-0.4, -0.2) is 40.5 Å². The zero-order valence-electron chi connectivity index (χ0n) is 18.4. The molecule has 1 heterocycles. The predicted octanol–water partition coefficient (Wildman–Crippen LogP) is 5.22. The fourth-order valence-corrected chi connectivity index (χ4v) is 4.49. The number of amides is 1. The average molecular weight is 441 g/mol. The first-order valence-corrected chi connectivity index (χ1v) is 10.6. The lowest BCUT2D eigenvalue weighted by Crippen LogP contribution is -2.46. The maximum Gasteiger partial charge on any atom is 0.416 e. The van der Waals surface area contributed by atoms with Crippen LogP contribution in [-0.2, 0) is 17.4 Å². The van der Waals surface area contributed by atoms with Crippen LogP contribution in [0, 0.1) is 11.8 Å². The van der Waals surface area contributed by atoms with Crippen LogP contribution in [0.25, 0.3) is 0 Å². The second kappa shape index (κ2) is 9.75. The normalized spacial score (nSPS) is 21.1. The van der Waals surface area contributed by atoms with Crippen molar-refractivity contribution in [3.8, 4) is 0 Å². The Balaban J connectivity index is 2.63. The maximum atomic E-state index is 13.5. The van der Waals surface area contributed by atoms with Gasteiger partial charge in [-0.1, -0.05) is 19.9 Å². The van der Waals surface area contributed by atoms with Crippen LogP contribution in [0.3, 0.4) is 0 Å². The summed E-state index contributed by atoms with van der Waals surface area (Å²) in [5.74, 6) is -1.67. The Bertz CT molecular complexity index is 838. The Morgan fingerprint density at radius 1 is 1.39 bits per heavy atom. The van der Waals surface area contributed by atoms with Gasteiger partial charge >= 0.3 is 12.1 Å². The number of likely N-dealkylation sites (tertiary alicyclic amines) is 1. The highest BCUT2D eigenvalue weighted by Gasteiger charge is 2.41. The fraction of sp³-hybridized carbons (Fsp3) is 0.565. The van der Waals surface area contributed by atoms with E-state index in [0.29, 0.717) is 25.5 Å². The molecule has 0 aromatic heterocycles. The van der Waals surface area contributed by atoms with Gasteiger partial charge < -0.3 is 15.3 Å². The topological polar surface area (TPSA) is 69.6 Å². The van der Waals surface area contributed by atoms with E-state index >= 15 is 0 Å². The number of carboxylic acids is 1. The highest BCUT2D eigenvalue weighted by Crippen LogP contribution is 2.37. The third-order valence-electron chi connectivity index (χ3n) is 5.96. The number of carbonyl (C=O) groups excluding carboxylic acids is 1. The number of hydrogen-bond donors (Lipinski definition) is 2. The molecule has 1 aromatic rings. The molecule has 1 aliphatic heterocycles. The average Bonchev–Trinajstić information content (AvgIpc) is 2.91. The van der Waals surface area contributed by atoms with Crippen molar-refractivity contribution in [2.45, 2.75) is 65.2 Å². The zero-order chi connectivity index (χ0) is 23.5. The molecule has 0 saturated carbocycles. The van der Waals surface area contributed by atoms with E-state index in [2.05, 4.69) is 11.9 Å². The van der Waals surface area contributed by atoms with Gasteiger partial charge in [0.25, 0.3) is 0 Å². The summed E-state index contributed by atoms with van der Waals surface area (Å²) in [5, 5.41) is 12.5. The molecule has 31 heavy (non-hydrogen) atoms. The monoisotopic (exact) mass is 440 g/mol. The molecule has 4 atom stereocenters. The van der Waals surface area contributed by atoms with Crippen LogP contribution in [0.15, 0.2) is 24.8 Å². The second-order valence-corrected chi connectivity index (χ2v) is 8.40. The van der Waals surface area contributed by atoms with Gasteiger partial charge in [-0.15, -0.1) is 6.58 Å². The number of nitrogens with zero attached hydrogens (tertiary/aromatic N) is 1. The Morgan fingerprint density at radius 3 is 2.48 bits per heavy atom. The van der Waals surface area contributed by atoms with E-state index in [1.807, 2.05) is 20.8 Å². The largest absolute Gasteiger partial charge is 0.478 e. The quantitative estimate of drug-likeness (QED) is 0.517. The number of aromatic carboxylic acids is 1. The van der Waals surface area contributed by atoms with Crippen molar-refractivity contribution in [1.82, 2.24) is 4.90 Å². The maximum absolute atomic E-state index is 13.5. The number of hydrogen-bond acceptors (Lipinski definition) is 3. The first kappa shape index (κ1) is 24.8. The van der Waals surface area contributed by atoms with E-state index in [0.717, 1.165) is 6.07 Å². The number of allylic oxidation sites excluding steroid dienone is 1. The van der Waals surface area contributed by atoms with E-state index in [1.165, 1.54) is 0 Å². The smallest absolute Gasteiger partial charge is 0.416 e. The summed E-state index contributed by atoms with van der Waals surface area (Å²) in [7, 11) is 0. The molecule has 1 aliphatic rings. The number of anilines is 1. The van der Waals surface area contributed by atoms with Gasteiger partial charge in [0.2, 0.25) is 5.91 Å². The molecule has 0 radical (unpaired) electrons. The van der Waals surface area contributed by atoms with Gasteiger partial charge in [0.15, 0.2) is 0 Å². The Labute approximate surface area is 181 Å². The lowest BCUT2D eigenvalue weighted by molar-refractivity contribution is -0.138. The molecule has 5 nitrogen and oxygen atoms in total. The summed E-state index contributed by atoms with van der Waals surface area (Å²) in [6, 6.07) is 1.24. The summed E-state index contributed by atoms with van der Waals surface area (Å²) in [6.45, 7) is 11.6. The van der Waals surface area contributed by atoms with Crippen molar-refractivity contribution in [1.29, 1.82) is 0 Å². The van der Waals surface area contributed by atoms with Crippen molar-refractivity contribution in [3.63, 3.8) is 0 Å². The molecule has 0 bridgehead atoms. The van der Waals surface area contributed by atoms with E-state index in [1.54, 1.807) is 17.9 Å². The molecule has 172 valence electrons. The minimum Gasteiger partial charge on any atom is -0.478 e. The first-order valence-electron chi connectivity index (χ1n) is 10.6. The lowest BCUT2D eigenvalue weighted by atomic mass is 9.88. The second-order valence-electron chi connectivity index (χ2n) is 8.40. The molecule has 0 aliphatic carbocycles. The standard InChI is InChI=1S/C23H31F3N2O3/c1-6-8-13(3)19(28-15(5)9-14(4)21(28)29)11-16-10-17(23(24,25)26)12-18(22(30)31)20(16)27-7-2/h6,10,12-15,19,27H,1,7-9,11H2,2-5H3,(H,30,31)/t13?,14?,15?,19-/m0/s1. The van der Waals surface area contributed by atoms with Gasteiger partial charge in [0.05, 0.1) is 16.8 Å². The van der Waals surface area contributed by atoms with E-state index in [4.69, 9.17) is 0 Å². The summed E-state index contributed by atoms with van der Waals surface area (Å²) >= 11 is 0. The van der Waals surface area contributed by atoms with E-state index in [9.17, 15) is 27.9 Å².